The van der Waals surface area contributed by atoms with E-state index in [9.17, 15) is 8.42 Å². The van der Waals surface area contributed by atoms with Crippen LogP contribution in [0.4, 0.5) is 5.69 Å². The lowest BCUT2D eigenvalue weighted by Gasteiger charge is -2.09. The Kier molecular flexibility index (Phi) is 5.05. The van der Waals surface area contributed by atoms with E-state index in [0.29, 0.717) is 4.90 Å². The van der Waals surface area contributed by atoms with Crippen molar-refractivity contribution in [1.29, 1.82) is 0 Å². The maximum atomic E-state index is 12.0. The molecule has 0 saturated heterocycles. The van der Waals surface area contributed by atoms with Crippen LogP contribution in [0.15, 0.2) is 29.2 Å². The molecule has 1 aromatic rings. The van der Waals surface area contributed by atoms with E-state index in [4.69, 9.17) is 0 Å². The van der Waals surface area contributed by atoms with Crippen molar-refractivity contribution in [2.45, 2.75) is 50.5 Å². The Labute approximate surface area is 122 Å². The van der Waals surface area contributed by atoms with Crippen LogP contribution in [0.5, 0.6) is 0 Å². The highest BCUT2D eigenvalue weighted by Gasteiger charge is 2.27. The van der Waals surface area contributed by atoms with E-state index in [0.717, 1.165) is 37.4 Å². The molecule has 20 heavy (non-hydrogen) atoms. The summed E-state index contributed by atoms with van der Waals surface area (Å²) in [6, 6.07) is 7.13. The highest BCUT2D eigenvalue weighted by atomic mass is 32.2. The SMILES string of the molecule is CC(C)CCCNc1ccc(S(=O)(=O)NC2CC2)cc1. The van der Waals surface area contributed by atoms with Crippen molar-refractivity contribution in [3.63, 3.8) is 0 Å². The molecule has 2 rings (SSSR count). The summed E-state index contributed by atoms with van der Waals surface area (Å²) >= 11 is 0. The van der Waals surface area contributed by atoms with Gasteiger partial charge in [0.2, 0.25) is 10.0 Å². The third-order valence-electron chi connectivity index (χ3n) is 3.35. The van der Waals surface area contributed by atoms with Gasteiger partial charge in [-0.3, -0.25) is 0 Å². The first-order valence-corrected chi connectivity index (χ1v) is 8.82. The van der Waals surface area contributed by atoms with Crippen molar-refractivity contribution in [2.75, 3.05) is 11.9 Å². The predicted molar refractivity (Wildman–Crippen MR) is 82.3 cm³/mol. The van der Waals surface area contributed by atoms with Gasteiger partial charge in [0, 0.05) is 18.3 Å². The third-order valence-corrected chi connectivity index (χ3v) is 4.89. The van der Waals surface area contributed by atoms with E-state index in [1.165, 1.54) is 6.42 Å². The van der Waals surface area contributed by atoms with Crippen molar-refractivity contribution in [3.8, 4) is 0 Å². The Hall–Kier alpha value is -1.07. The van der Waals surface area contributed by atoms with Crippen molar-refractivity contribution in [2.24, 2.45) is 5.92 Å². The maximum Gasteiger partial charge on any atom is 0.240 e. The summed E-state index contributed by atoms with van der Waals surface area (Å²) in [6.45, 7) is 5.35. The van der Waals surface area contributed by atoms with E-state index in [-0.39, 0.29) is 6.04 Å². The molecule has 4 nitrogen and oxygen atoms in total. The lowest BCUT2D eigenvalue weighted by atomic mass is 10.1. The molecule has 1 fully saturated rings. The van der Waals surface area contributed by atoms with Gasteiger partial charge in [-0.1, -0.05) is 13.8 Å². The first-order chi connectivity index (χ1) is 9.47. The molecule has 112 valence electrons. The summed E-state index contributed by atoms with van der Waals surface area (Å²) < 4.78 is 26.7. The number of anilines is 1. The van der Waals surface area contributed by atoms with Gasteiger partial charge >= 0.3 is 0 Å². The van der Waals surface area contributed by atoms with Crippen LogP contribution in [-0.2, 0) is 10.0 Å². The van der Waals surface area contributed by atoms with Gasteiger partial charge < -0.3 is 5.32 Å². The van der Waals surface area contributed by atoms with Gasteiger partial charge in [0.15, 0.2) is 0 Å². The summed E-state index contributed by atoms with van der Waals surface area (Å²) in [7, 11) is -3.33. The average molecular weight is 296 g/mol. The maximum absolute atomic E-state index is 12.0. The van der Waals surface area contributed by atoms with E-state index in [1.54, 1.807) is 12.1 Å². The molecule has 2 N–H and O–H groups in total. The van der Waals surface area contributed by atoms with Crippen molar-refractivity contribution >= 4 is 15.7 Å². The molecule has 0 spiro atoms. The Bertz CT molecular complexity index is 519. The summed E-state index contributed by atoms with van der Waals surface area (Å²) in [5, 5.41) is 3.32. The molecule has 5 heteroatoms. The van der Waals surface area contributed by atoms with Crippen LogP contribution in [0.1, 0.15) is 39.5 Å². The second-order valence-corrected chi connectivity index (χ2v) is 7.60. The zero-order valence-electron chi connectivity index (χ0n) is 12.2. The number of benzene rings is 1. The van der Waals surface area contributed by atoms with Crippen LogP contribution in [0.3, 0.4) is 0 Å². The van der Waals surface area contributed by atoms with Crippen LogP contribution in [0.25, 0.3) is 0 Å². The Morgan fingerprint density at radius 1 is 1.20 bits per heavy atom. The van der Waals surface area contributed by atoms with E-state index < -0.39 is 10.0 Å². The highest BCUT2D eigenvalue weighted by Crippen LogP contribution is 2.22. The van der Waals surface area contributed by atoms with E-state index >= 15 is 0 Å². The molecule has 0 amide bonds. The highest BCUT2D eigenvalue weighted by molar-refractivity contribution is 7.89. The van der Waals surface area contributed by atoms with Gasteiger partial charge in [0.1, 0.15) is 0 Å². The fourth-order valence-electron chi connectivity index (χ4n) is 1.98. The molecule has 0 bridgehead atoms. The van der Waals surface area contributed by atoms with Gasteiger partial charge in [-0.25, -0.2) is 13.1 Å². The van der Waals surface area contributed by atoms with Gasteiger partial charge in [-0.15, -0.1) is 0 Å². The fourth-order valence-corrected chi connectivity index (χ4v) is 3.29. The first-order valence-electron chi connectivity index (χ1n) is 7.33. The van der Waals surface area contributed by atoms with Crippen molar-refractivity contribution in [1.82, 2.24) is 4.72 Å². The minimum Gasteiger partial charge on any atom is -0.385 e. The number of nitrogens with one attached hydrogen (secondary N) is 2. The Morgan fingerprint density at radius 2 is 1.85 bits per heavy atom. The smallest absolute Gasteiger partial charge is 0.240 e. The lowest BCUT2D eigenvalue weighted by molar-refractivity contribution is 0.567. The Balaban J connectivity index is 1.85. The molecule has 0 unspecified atom stereocenters. The molecule has 1 aliphatic carbocycles. The monoisotopic (exact) mass is 296 g/mol. The minimum atomic E-state index is -3.33. The predicted octanol–water partition coefficient (Wildman–Crippen LogP) is 2.98. The van der Waals surface area contributed by atoms with Crippen LogP contribution in [0, 0.1) is 5.92 Å². The molecule has 0 aliphatic heterocycles. The minimum absolute atomic E-state index is 0.147. The second-order valence-electron chi connectivity index (χ2n) is 5.88. The zero-order valence-corrected chi connectivity index (χ0v) is 13.0. The third kappa shape index (κ3) is 4.80. The molecule has 0 aromatic heterocycles. The number of sulfonamides is 1. The Morgan fingerprint density at radius 3 is 2.40 bits per heavy atom. The largest absolute Gasteiger partial charge is 0.385 e. The fraction of sp³-hybridized carbons (Fsp3) is 0.600. The standard InChI is InChI=1S/C15H24N2O2S/c1-12(2)4-3-11-16-13-7-9-15(10-8-13)20(18,19)17-14-5-6-14/h7-10,12,14,16-17H,3-6,11H2,1-2H3. The van der Waals surface area contributed by atoms with Gasteiger partial charge in [-0.2, -0.15) is 0 Å². The molecule has 0 radical (unpaired) electrons. The molecule has 1 saturated carbocycles. The molecule has 0 heterocycles. The topological polar surface area (TPSA) is 58.2 Å². The molecule has 1 aliphatic rings. The average Bonchev–Trinajstić information content (AvgIpc) is 3.18. The van der Waals surface area contributed by atoms with Crippen LogP contribution >= 0.6 is 0 Å². The molecule has 1 aromatic carbocycles. The van der Waals surface area contributed by atoms with Crippen molar-refractivity contribution < 1.29 is 8.42 Å². The van der Waals surface area contributed by atoms with Crippen LogP contribution < -0.4 is 10.0 Å². The number of rotatable bonds is 8. The summed E-state index contributed by atoms with van der Waals surface area (Å²) in [6.07, 6.45) is 4.23. The number of hydrogen-bond donors (Lipinski definition) is 2. The van der Waals surface area contributed by atoms with Crippen LogP contribution in [-0.4, -0.2) is 21.0 Å². The van der Waals surface area contributed by atoms with Gasteiger partial charge in [0.05, 0.1) is 4.90 Å². The quantitative estimate of drug-likeness (QED) is 0.725. The summed E-state index contributed by atoms with van der Waals surface area (Å²) in [4.78, 5) is 0.345. The van der Waals surface area contributed by atoms with Gasteiger partial charge in [0.25, 0.3) is 0 Å². The zero-order chi connectivity index (χ0) is 14.6. The molecule has 0 atom stereocenters. The normalized spacial score (nSPS) is 15.6. The van der Waals surface area contributed by atoms with Crippen molar-refractivity contribution in [3.05, 3.63) is 24.3 Å². The van der Waals surface area contributed by atoms with Crippen LogP contribution in [0.2, 0.25) is 0 Å². The van der Waals surface area contributed by atoms with E-state index in [2.05, 4.69) is 23.9 Å². The lowest BCUT2D eigenvalue weighted by Crippen LogP contribution is -2.25. The first kappa shape index (κ1) is 15.3. The summed E-state index contributed by atoms with van der Waals surface area (Å²) in [5.41, 5.74) is 0.971. The second kappa shape index (κ2) is 6.59. The van der Waals surface area contributed by atoms with Gasteiger partial charge in [-0.05, 0) is 55.9 Å². The molecular formula is C15H24N2O2S. The molecular weight excluding hydrogens is 272 g/mol. The summed E-state index contributed by atoms with van der Waals surface area (Å²) in [5.74, 6) is 0.720. The van der Waals surface area contributed by atoms with E-state index in [1.807, 2.05) is 12.1 Å². The number of hydrogen-bond acceptors (Lipinski definition) is 3.